The van der Waals surface area contributed by atoms with Crippen molar-refractivity contribution in [3.8, 4) is 0 Å². The number of hydrogen-bond donors (Lipinski definition) is 1. The van der Waals surface area contributed by atoms with Crippen LogP contribution < -0.4 is 5.32 Å². The molecule has 1 atom stereocenters. The summed E-state index contributed by atoms with van der Waals surface area (Å²) in [4.78, 5) is 1.39. The zero-order valence-corrected chi connectivity index (χ0v) is 13.3. The van der Waals surface area contributed by atoms with Crippen LogP contribution in [0.25, 0.3) is 0 Å². The molecule has 0 aliphatic heterocycles. The zero-order chi connectivity index (χ0) is 12.3. The van der Waals surface area contributed by atoms with E-state index in [1.807, 2.05) is 0 Å². The molecular weight excluding hydrogens is 318 g/mol. The maximum atomic E-state index is 6.15. The highest BCUT2D eigenvalue weighted by Crippen LogP contribution is 2.42. The number of rotatable bonds is 5. The van der Waals surface area contributed by atoms with E-state index in [1.165, 1.54) is 37.0 Å². The van der Waals surface area contributed by atoms with Gasteiger partial charge in [0.2, 0.25) is 0 Å². The Kier molecular flexibility index (Phi) is 5.34. The minimum Gasteiger partial charge on any atom is -0.309 e. The summed E-state index contributed by atoms with van der Waals surface area (Å²) in [6.07, 6.45) is 6.66. The van der Waals surface area contributed by atoms with E-state index in [2.05, 4.69) is 34.2 Å². The normalized spacial score (nSPS) is 18.8. The zero-order valence-electron chi connectivity index (χ0n) is 10.1. The quantitative estimate of drug-likeness (QED) is 0.759. The van der Waals surface area contributed by atoms with E-state index in [4.69, 9.17) is 11.6 Å². The Hall–Kier alpha value is 0.430. The Bertz CT molecular complexity index is 341. The molecule has 0 bridgehead atoms. The van der Waals surface area contributed by atoms with E-state index in [1.54, 1.807) is 11.3 Å². The Balaban J connectivity index is 2.13. The lowest BCUT2D eigenvalue weighted by molar-refractivity contribution is 0.373. The summed E-state index contributed by atoms with van der Waals surface area (Å²) in [6, 6.07) is 2.63. The summed E-state index contributed by atoms with van der Waals surface area (Å²) >= 11 is 11.5. The molecule has 1 aliphatic rings. The first-order valence-corrected chi connectivity index (χ1v) is 8.39. The second kappa shape index (κ2) is 6.55. The van der Waals surface area contributed by atoms with E-state index in [0.29, 0.717) is 6.04 Å². The third-order valence-corrected chi connectivity index (χ3v) is 6.01. The van der Waals surface area contributed by atoms with Crippen molar-refractivity contribution in [1.29, 1.82) is 0 Å². The third-order valence-electron chi connectivity index (χ3n) is 3.46. The van der Waals surface area contributed by atoms with Gasteiger partial charge in [-0.2, -0.15) is 0 Å². The van der Waals surface area contributed by atoms with Crippen LogP contribution in [0.3, 0.4) is 0 Å². The molecule has 0 spiro atoms. The third kappa shape index (κ3) is 3.46. The van der Waals surface area contributed by atoms with Crippen LogP contribution in [0.15, 0.2) is 9.85 Å². The Labute approximate surface area is 121 Å². The monoisotopic (exact) mass is 335 g/mol. The smallest absolute Gasteiger partial charge is 0.0887 e. The molecule has 1 aromatic heterocycles. The molecule has 0 aromatic carbocycles. The van der Waals surface area contributed by atoms with Gasteiger partial charge >= 0.3 is 0 Å². The molecule has 1 saturated carbocycles. The molecule has 1 N–H and O–H groups in total. The van der Waals surface area contributed by atoms with Crippen molar-refractivity contribution in [3.05, 3.63) is 19.8 Å². The fourth-order valence-electron chi connectivity index (χ4n) is 2.61. The topological polar surface area (TPSA) is 12.0 Å². The van der Waals surface area contributed by atoms with E-state index in [-0.39, 0.29) is 0 Å². The molecule has 0 saturated heterocycles. The van der Waals surface area contributed by atoms with Crippen LogP contribution in [0.1, 0.15) is 49.9 Å². The fourth-order valence-corrected chi connectivity index (χ4v) is 4.52. The maximum absolute atomic E-state index is 6.15. The lowest BCUT2D eigenvalue weighted by atomic mass is 9.96. The Morgan fingerprint density at radius 1 is 1.53 bits per heavy atom. The summed E-state index contributed by atoms with van der Waals surface area (Å²) in [7, 11) is 0. The molecule has 1 fully saturated rings. The fraction of sp³-hybridized carbons (Fsp3) is 0.692. The standard InChI is InChI=1S/C13H19BrClNS/c1-2-7-16-12(9-5-3-4-6-9)11-8-10(15)13(14)17-11/h8-9,12,16H,2-7H2,1H3. The second-order valence-corrected chi connectivity index (χ2v) is 7.56. The molecule has 1 unspecified atom stereocenters. The molecule has 2 rings (SSSR count). The van der Waals surface area contributed by atoms with Crippen LogP contribution >= 0.6 is 38.9 Å². The van der Waals surface area contributed by atoms with Crippen molar-refractivity contribution < 1.29 is 0 Å². The van der Waals surface area contributed by atoms with Crippen LogP contribution in [0.5, 0.6) is 0 Å². The summed E-state index contributed by atoms with van der Waals surface area (Å²) in [5.74, 6) is 0.795. The van der Waals surface area contributed by atoms with Gasteiger partial charge in [-0.1, -0.05) is 31.4 Å². The van der Waals surface area contributed by atoms with E-state index >= 15 is 0 Å². The second-order valence-electron chi connectivity index (χ2n) is 4.75. The molecular formula is C13H19BrClNS. The van der Waals surface area contributed by atoms with Crippen LogP contribution in [0.2, 0.25) is 5.02 Å². The van der Waals surface area contributed by atoms with Crippen LogP contribution in [-0.2, 0) is 0 Å². The lowest BCUT2D eigenvalue weighted by Gasteiger charge is -2.23. The van der Waals surface area contributed by atoms with Gasteiger partial charge in [0.1, 0.15) is 0 Å². The average molecular weight is 337 g/mol. The first-order valence-electron chi connectivity index (χ1n) is 6.40. The molecule has 0 radical (unpaired) electrons. The molecule has 1 nitrogen and oxygen atoms in total. The van der Waals surface area contributed by atoms with Gasteiger partial charge < -0.3 is 5.32 Å². The Morgan fingerprint density at radius 3 is 2.76 bits per heavy atom. The highest BCUT2D eigenvalue weighted by Gasteiger charge is 2.27. The summed E-state index contributed by atoms with van der Waals surface area (Å²) in [5.41, 5.74) is 0. The van der Waals surface area contributed by atoms with Crippen molar-refractivity contribution in [3.63, 3.8) is 0 Å². The van der Waals surface area contributed by atoms with Crippen molar-refractivity contribution in [2.75, 3.05) is 6.54 Å². The summed E-state index contributed by atoms with van der Waals surface area (Å²) in [5, 5.41) is 4.55. The largest absolute Gasteiger partial charge is 0.309 e. The summed E-state index contributed by atoms with van der Waals surface area (Å²) < 4.78 is 1.07. The van der Waals surface area contributed by atoms with E-state index in [9.17, 15) is 0 Å². The predicted octanol–water partition coefficient (Wildman–Crippen LogP) is 5.39. The van der Waals surface area contributed by atoms with Crippen LogP contribution in [-0.4, -0.2) is 6.54 Å². The molecule has 17 heavy (non-hydrogen) atoms. The molecule has 1 aliphatic carbocycles. The first kappa shape index (κ1) is 13.9. The average Bonchev–Trinajstić information content (AvgIpc) is 2.92. The van der Waals surface area contributed by atoms with Crippen LogP contribution in [0.4, 0.5) is 0 Å². The minimum atomic E-state index is 0.506. The van der Waals surface area contributed by atoms with Gasteiger partial charge in [0.15, 0.2) is 0 Å². The number of nitrogens with one attached hydrogen (secondary N) is 1. The number of hydrogen-bond acceptors (Lipinski definition) is 2. The summed E-state index contributed by atoms with van der Waals surface area (Å²) in [6.45, 7) is 3.31. The number of halogens is 2. The SMILES string of the molecule is CCCNC(c1cc(Cl)c(Br)s1)C1CCCC1. The predicted molar refractivity (Wildman–Crippen MR) is 80.0 cm³/mol. The molecule has 0 amide bonds. The van der Waals surface area contributed by atoms with Crippen molar-refractivity contribution in [1.82, 2.24) is 5.32 Å². The van der Waals surface area contributed by atoms with Gasteiger partial charge in [0.25, 0.3) is 0 Å². The van der Waals surface area contributed by atoms with Crippen molar-refractivity contribution >= 4 is 38.9 Å². The van der Waals surface area contributed by atoms with Crippen molar-refractivity contribution in [2.45, 2.75) is 45.1 Å². The highest BCUT2D eigenvalue weighted by molar-refractivity contribution is 9.11. The van der Waals surface area contributed by atoms with Gasteiger partial charge in [-0.3, -0.25) is 0 Å². The maximum Gasteiger partial charge on any atom is 0.0887 e. The lowest BCUT2D eigenvalue weighted by Crippen LogP contribution is -2.27. The Morgan fingerprint density at radius 2 is 2.24 bits per heavy atom. The van der Waals surface area contributed by atoms with Crippen LogP contribution in [0, 0.1) is 5.92 Å². The van der Waals surface area contributed by atoms with Crippen molar-refractivity contribution in [2.24, 2.45) is 5.92 Å². The molecule has 4 heteroatoms. The van der Waals surface area contributed by atoms with Gasteiger partial charge in [-0.15, -0.1) is 11.3 Å². The minimum absolute atomic E-state index is 0.506. The highest BCUT2D eigenvalue weighted by atomic mass is 79.9. The van der Waals surface area contributed by atoms with Gasteiger partial charge in [-0.05, 0) is 53.7 Å². The van der Waals surface area contributed by atoms with Gasteiger partial charge in [-0.25, -0.2) is 0 Å². The molecule has 1 aromatic rings. The van der Waals surface area contributed by atoms with E-state index < -0.39 is 0 Å². The molecule has 96 valence electrons. The molecule has 1 heterocycles. The van der Waals surface area contributed by atoms with E-state index in [0.717, 1.165) is 21.3 Å². The first-order chi connectivity index (χ1) is 8.22. The number of thiophene rings is 1. The van der Waals surface area contributed by atoms with Gasteiger partial charge in [0.05, 0.1) is 8.81 Å². The van der Waals surface area contributed by atoms with Gasteiger partial charge in [0, 0.05) is 10.9 Å².